The average Bonchev–Trinajstić information content (AvgIpc) is 2.22. The Morgan fingerprint density at radius 2 is 2.07 bits per heavy atom. The van der Waals surface area contributed by atoms with Crippen LogP contribution in [0.3, 0.4) is 0 Å². The second kappa shape index (κ2) is 5.41. The lowest BCUT2D eigenvalue weighted by molar-refractivity contribution is 0.0382. The molecule has 0 fully saturated rings. The lowest BCUT2D eigenvalue weighted by Crippen LogP contribution is -2.12. The molecule has 1 aromatic carbocycles. The van der Waals surface area contributed by atoms with Crippen molar-refractivity contribution in [3.8, 4) is 0 Å². The Hall–Kier alpha value is -1.49. The number of hydrogen-bond acceptors (Lipinski definition) is 3. The second-order valence-corrected chi connectivity index (χ2v) is 2.73. The van der Waals surface area contributed by atoms with Gasteiger partial charge in [0, 0.05) is 7.11 Å². The lowest BCUT2D eigenvalue weighted by Gasteiger charge is -2.04. The molecule has 0 N–H and O–H groups in total. The summed E-state index contributed by atoms with van der Waals surface area (Å²) in [6.07, 6.45) is 0. The normalized spacial score (nSPS) is 10.1. The van der Waals surface area contributed by atoms with Gasteiger partial charge in [0.05, 0.1) is 12.2 Å². The van der Waals surface area contributed by atoms with Crippen LogP contribution in [0, 0.1) is 11.6 Å². The molecule has 0 saturated carbocycles. The summed E-state index contributed by atoms with van der Waals surface area (Å²) < 4.78 is 35.0. The van der Waals surface area contributed by atoms with Crippen molar-refractivity contribution < 1.29 is 23.0 Å². The SMILES string of the molecule is COCCOC(=O)c1cccc(F)c1F. The van der Waals surface area contributed by atoms with Crippen molar-refractivity contribution in [3.63, 3.8) is 0 Å². The van der Waals surface area contributed by atoms with Crippen LogP contribution in [0.25, 0.3) is 0 Å². The van der Waals surface area contributed by atoms with Crippen LogP contribution in [0.4, 0.5) is 8.78 Å². The van der Waals surface area contributed by atoms with Crippen molar-refractivity contribution in [2.24, 2.45) is 0 Å². The van der Waals surface area contributed by atoms with Crippen molar-refractivity contribution in [1.29, 1.82) is 0 Å². The predicted octanol–water partition coefficient (Wildman–Crippen LogP) is 1.77. The summed E-state index contributed by atoms with van der Waals surface area (Å²) >= 11 is 0. The Morgan fingerprint density at radius 3 is 2.73 bits per heavy atom. The third-order valence-electron chi connectivity index (χ3n) is 1.69. The highest BCUT2D eigenvalue weighted by Crippen LogP contribution is 2.12. The Labute approximate surface area is 85.6 Å². The molecule has 0 amide bonds. The molecule has 1 rings (SSSR count). The predicted molar refractivity (Wildman–Crippen MR) is 48.5 cm³/mol. The minimum Gasteiger partial charge on any atom is -0.460 e. The first-order valence-corrected chi connectivity index (χ1v) is 4.27. The zero-order valence-electron chi connectivity index (χ0n) is 8.13. The number of ether oxygens (including phenoxy) is 2. The van der Waals surface area contributed by atoms with Crippen molar-refractivity contribution in [1.82, 2.24) is 0 Å². The number of carbonyl (C=O) groups is 1. The van der Waals surface area contributed by atoms with Gasteiger partial charge in [0.2, 0.25) is 0 Å². The van der Waals surface area contributed by atoms with Gasteiger partial charge in [0.15, 0.2) is 11.6 Å². The maximum absolute atomic E-state index is 13.1. The van der Waals surface area contributed by atoms with Crippen LogP contribution in [0.1, 0.15) is 10.4 Å². The molecule has 0 heterocycles. The Morgan fingerprint density at radius 1 is 1.33 bits per heavy atom. The Kier molecular flexibility index (Phi) is 4.17. The van der Waals surface area contributed by atoms with Gasteiger partial charge in [-0.2, -0.15) is 0 Å². The molecule has 3 nitrogen and oxygen atoms in total. The van der Waals surface area contributed by atoms with Crippen LogP contribution in [0.5, 0.6) is 0 Å². The molecule has 82 valence electrons. The molecular formula is C10H10F2O3. The Bertz CT molecular complexity index is 353. The molecular weight excluding hydrogens is 206 g/mol. The van der Waals surface area contributed by atoms with Gasteiger partial charge in [-0.3, -0.25) is 0 Å². The summed E-state index contributed by atoms with van der Waals surface area (Å²) in [6, 6.07) is 3.33. The van der Waals surface area contributed by atoms with E-state index in [2.05, 4.69) is 9.47 Å². The number of carbonyl (C=O) groups excluding carboxylic acids is 1. The fourth-order valence-corrected chi connectivity index (χ4v) is 0.957. The van der Waals surface area contributed by atoms with E-state index in [9.17, 15) is 13.6 Å². The van der Waals surface area contributed by atoms with E-state index in [1.165, 1.54) is 13.2 Å². The number of rotatable bonds is 4. The molecule has 0 aliphatic carbocycles. The zero-order valence-corrected chi connectivity index (χ0v) is 8.13. The van der Waals surface area contributed by atoms with E-state index in [4.69, 9.17) is 0 Å². The van der Waals surface area contributed by atoms with Gasteiger partial charge >= 0.3 is 5.97 Å². The Balaban J connectivity index is 2.69. The third-order valence-corrected chi connectivity index (χ3v) is 1.69. The van der Waals surface area contributed by atoms with Crippen LogP contribution in [-0.4, -0.2) is 26.3 Å². The minimum atomic E-state index is -1.19. The van der Waals surface area contributed by atoms with Crippen LogP contribution < -0.4 is 0 Å². The highest BCUT2D eigenvalue weighted by molar-refractivity contribution is 5.89. The maximum Gasteiger partial charge on any atom is 0.341 e. The van der Waals surface area contributed by atoms with E-state index in [0.29, 0.717) is 0 Å². The molecule has 0 aliphatic heterocycles. The van der Waals surface area contributed by atoms with E-state index in [0.717, 1.165) is 12.1 Å². The first-order chi connectivity index (χ1) is 7.16. The second-order valence-electron chi connectivity index (χ2n) is 2.73. The zero-order chi connectivity index (χ0) is 11.3. The molecule has 0 aromatic heterocycles. The maximum atomic E-state index is 13.1. The fourth-order valence-electron chi connectivity index (χ4n) is 0.957. The largest absolute Gasteiger partial charge is 0.460 e. The third kappa shape index (κ3) is 2.99. The van der Waals surface area contributed by atoms with E-state index >= 15 is 0 Å². The molecule has 15 heavy (non-hydrogen) atoms. The van der Waals surface area contributed by atoms with Crippen LogP contribution in [0.15, 0.2) is 18.2 Å². The van der Waals surface area contributed by atoms with E-state index in [-0.39, 0.29) is 13.2 Å². The molecule has 5 heteroatoms. The first-order valence-electron chi connectivity index (χ1n) is 4.27. The molecule has 0 radical (unpaired) electrons. The van der Waals surface area contributed by atoms with Gasteiger partial charge in [-0.05, 0) is 12.1 Å². The van der Waals surface area contributed by atoms with Gasteiger partial charge in [0.1, 0.15) is 6.61 Å². The van der Waals surface area contributed by atoms with Crippen molar-refractivity contribution in [2.45, 2.75) is 0 Å². The van der Waals surface area contributed by atoms with Crippen molar-refractivity contribution in [3.05, 3.63) is 35.4 Å². The van der Waals surface area contributed by atoms with Crippen molar-refractivity contribution >= 4 is 5.97 Å². The van der Waals surface area contributed by atoms with Gasteiger partial charge in [0.25, 0.3) is 0 Å². The number of halogens is 2. The summed E-state index contributed by atoms with van der Waals surface area (Å²) in [5.41, 5.74) is -0.411. The quantitative estimate of drug-likeness (QED) is 0.568. The van der Waals surface area contributed by atoms with Gasteiger partial charge in [-0.1, -0.05) is 6.07 Å². The molecule has 0 atom stereocenters. The van der Waals surface area contributed by atoms with E-state index in [1.54, 1.807) is 0 Å². The topological polar surface area (TPSA) is 35.5 Å². The number of esters is 1. The van der Waals surface area contributed by atoms with Crippen molar-refractivity contribution in [2.75, 3.05) is 20.3 Å². The van der Waals surface area contributed by atoms with Crippen LogP contribution in [-0.2, 0) is 9.47 Å². The molecule has 0 spiro atoms. The van der Waals surface area contributed by atoms with Gasteiger partial charge in [-0.25, -0.2) is 13.6 Å². The molecule has 0 unspecified atom stereocenters. The first kappa shape index (κ1) is 11.6. The molecule has 0 saturated heterocycles. The molecule has 1 aromatic rings. The van der Waals surface area contributed by atoms with Crippen LogP contribution in [0.2, 0.25) is 0 Å². The summed E-state index contributed by atoms with van der Waals surface area (Å²) in [5, 5.41) is 0. The van der Waals surface area contributed by atoms with E-state index < -0.39 is 23.2 Å². The molecule has 0 aliphatic rings. The highest BCUT2D eigenvalue weighted by atomic mass is 19.2. The number of benzene rings is 1. The summed E-state index contributed by atoms with van der Waals surface area (Å²) in [7, 11) is 1.44. The summed E-state index contributed by atoms with van der Waals surface area (Å²) in [5.74, 6) is -3.17. The average molecular weight is 216 g/mol. The monoisotopic (exact) mass is 216 g/mol. The highest BCUT2D eigenvalue weighted by Gasteiger charge is 2.15. The number of methoxy groups -OCH3 is 1. The van der Waals surface area contributed by atoms with Crippen LogP contribution >= 0.6 is 0 Å². The minimum absolute atomic E-state index is 0.00524. The summed E-state index contributed by atoms with van der Waals surface area (Å²) in [6.45, 7) is 0.216. The smallest absolute Gasteiger partial charge is 0.341 e. The fraction of sp³-hybridized carbons (Fsp3) is 0.300. The van der Waals surface area contributed by atoms with E-state index in [1.807, 2.05) is 0 Å². The lowest BCUT2D eigenvalue weighted by atomic mass is 10.2. The van der Waals surface area contributed by atoms with Gasteiger partial charge < -0.3 is 9.47 Å². The molecule has 0 bridgehead atoms. The van der Waals surface area contributed by atoms with Gasteiger partial charge in [-0.15, -0.1) is 0 Å². The number of hydrogen-bond donors (Lipinski definition) is 0. The summed E-state index contributed by atoms with van der Waals surface area (Å²) in [4.78, 5) is 11.2. The standard InChI is InChI=1S/C10H10F2O3/c1-14-5-6-15-10(13)7-3-2-4-8(11)9(7)12/h2-4H,5-6H2,1H3.